The lowest BCUT2D eigenvalue weighted by molar-refractivity contribution is 0.186. The summed E-state index contributed by atoms with van der Waals surface area (Å²) in [5, 5.41) is 3.53. The number of anilines is 1. The number of urea groups is 1. The van der Waals surface area contributed by atoms with E-state index in [-0.39, 0.29) is 12.1 Å². The zero-order valence-corrected chi connectivity index (χ0v) is 15.0. The summed E-state index contributed by atoms with van der Waals surface area (Å²) in [4.78, 5) is 14.4. The predicted molar refractivity (Wildman–Crippen MR) is 98.7 cm³/mol. The molecule has 0 bridgehead atoms. The van der Waals surface area contributed by atoms with Crippen LogP contribution >= 0.6 is 11.6 Å². The van der Waals surface area contributed by atoms with Gasteiger partial charge >= 0.3 is 6.03 Å². The van der Waals surface area contributed by atoms with E-state index in [1.807, 2.05) is 37.3 Å². The van der Waals surface area contributed by atoms with E-state index in [2.05, 4.69) is 5.32 Å². The topological polar surface area (TPSA) is 50.8 Å². The Kier molecular flexibility index (Phi) is 5.34. The molecule has 2 aromatic carbocycles. The Morgan fingerprint density at radius 2 is 2.20 bits per heavy atom. The highest BCUT2D eigenvalue weighted by Gasteiger charge is 2.29. The lowest BCUT2D eigenvalue weighted by atomic mass is 10.1. The number of carbonyl (C=O) groups excluding carboxylic acids is 1. The van der Waals surface area contributed by atoms with Crippen molar-refractivity contribution in [1.82, 2.24) is 5.32 Å². The standard InChI is InChI=1S/C19H21ClN2O3/c1-3-15-12-22(17-10-14(20)7-8-18(17)25-15)19(23)21-11-13-5-4-6-16(9-13)24-2/h4-10,15H,3,11-12H2,1-2H3,(H,21,23)/t15-/m1/s1. The van der Waals surface area contributed by atoms with Gasteiger partial charge in [0.05, 0.1) is 19.3 Å². The number of benzene rings is 2. The third kappa shape index (κ3) is 3.99. The second-order valence-corrected chi connectivity index (χ2v) is 6.32. The molecule has 1 aliphatic heterocycles. The molecule has 1 atom stereocenters. The molecule has 3 rings (SSSR count). The van der Waals surface area contributed by atoms with Crippen molar-refractivity contribution in [2.45, 2.75) is 26.0 Å². The van der Waals surface area contributed by atoms with Gasteiger partial charge in [0, 0.05) is 11.6 Å². The number of hydrogen-bond donors (Lipinski definition) is 1. The van der Waals surface area contributed by atoms with Crippen molar-refractivity contribution >= 4 is 23.3 Å². The van der Waals surface area contributed by atoms with Crippen molar-refractivity contribution < 1.29 is 14.3 Å². The Morgan fingerprint density at radius 3 is 2.96 bits per heavy atom. The first-order chi connectivity index (χ1) is 12.1. The molecule has 0 saturated carbocycles. The van der Waals surface area contributed by atoms with Crippen molar-refractivity contribution in [2.24, 2.45) is 0 Å². The van der Waals surface area contributed by atoms with Gasteiger partial charge in [-0.1, -0.05) is 30.7 Å². The summed E-state index contributed by atoms with van der Waals surface area (Å²) in [7, 11) is 1.62. The van der Waals surface area contributed by atoms with E-state index < -0.39 is 0 Å². The molecule has 1 N–H and O–H groups in total. The van der Waals surface area contributed by atoms with Crippen molar-refractivity contribution in [3.05, 3.63) is 53.1 Å². The number of hydrogen-bond acceptors (Lipinski definition) is 3. The number of rotatable bonds is 4. The zero-order chi connectivity index (χ0) is 17.8. The monoisotopic (exact) mass is 360 g/mol. The fourth-order valence-corrected chi connectivity index (χ4v) is 2.95. The van der Waals surface area contributed by atoms with Crippen LogP contribution in [0.15, 0.2) is 42.5 Å². The third-order valence-corrected chi connectivity index (χ3v) is 4.41. The Balaban J connectivity index is 1.75. The second-order valence-electron chi connectivity index (χ2n) is 5.88. The van der Waals surface area contributed by atoms with Crippen LogP contribution in [0, 0.1) is 0 Å². The molecule has 6 heteroatoms. The maximum atomic E-state index is 12.7. The molecule has 0 unspecified atom stereocenters. The Bertz CT molecular complexity index is 766. The summed E-state index contributed by atoms with van der Waals surface area (Å²) in [5.41, 5.74) is 1.67. The average Bonchev–Trinajstić information content (AvgIpc) is 2.65. The van der Waals surface area contributed by atoms with Crippen molar-refractivity contribution in [2.75, 3.05) is 18.6 Å². The first-order valence-corrected chi connectivity index (χ1v) is 8.63. The molecule has 2 aromatic rings. The van der Waals surface area contributed by atoms with Crippen LogP contribution in [-0.2, 0) is 6.54 Å². The number of amides is 2. The molecule has 0 aromatic heterocycles. The van der Waals surface area contributed by atoms with E-state index in [4.69, 9.17) is 21.1 Å². The summed E-state index contributed by atoms with van der Waals surface area (Å²) in [6, 6.07) is 12.8. The number of nitrogens with zero attached hydrogens (tertiary/aromatic N) is 1. The van der Waals surface area contributed by atoms with E-state index in [9.17, 15) is 4.79 Å². The molecule has 5 nitrogen and oxygen atoms in total. The summed E-state index contributed by atoms with van der Waals surface area (Å²) >= 11 is 6.10. The largest absolute Gasteiger partial charge is 0.497 e. The molecule has 0 fully saturated rings. The second kappa shape index (κ2) is 7.66. The van der Waals surface area contributed by atoms with Gasteiger partial charge in [-0.3, -0.25) is 4.90 Å². The minimum Gasteiger partial charge on any atom is -0.497 e. The SMILES string of the molecule is CC[C@@H]1CN(C(=O)NCc2cccc(OC)c2)c2cc(Cl)ccc2O1. The lowest BCUT2D eigenvalue weighted by Crippen LogP contribution is -2.47. The smallest absolute Gasteiger partial charge is 0.322 e. The van der Waals surface area contributed by atoms with Gasteiger partial charge in [0.25, 0.3) is 0 Å². The van der Waals surface area contributed by atoms with Crippen LogP contribution in [0.5, 0.6) is 11.5 Å². The van der Waals surface area contributed by atoms with Crippen LogP contribution in [-0.4, -0.2) is 25.8 Å². The van der Waals surface area contributed by atoms with E-state index in [1.54, 1.807) is 24.1 Å². The van der Waals surface area contributed by atoms with Crippen molar-refractivity contribution in [3.63, 3.8) is 0 Å². The minimum absolute atomic E-state index is 0.0313. The van der Waals surface area contributed by atoms with E-state index >= 15 is 0 Å². The fraction of sp³-hybridized carbons (Fsp3) is 0.316. The first kappa shape index (κ1) is 17.4. The lowest BCUT2D eigenvalue weighted by Gasteiger charge is -2.34. The number of fused-ring (bicyclic) bond motifs is 1. The van der Waals surface area contributed by atoms with Gasteiger partial charge in [-0.2, -0.15) is 0 Å². The molecule has 0 saturated heterocycles. The zero-order valence-electron chi connectivity index (χ0n) is 14.3. The van der Waals surface area contributed by atoms with E-state index in [1.165, 1.54) is 0 Å². The molecule has 0 aliphatic carbocycles. The highest BCUT2D eigenvalue weighted by molar-refractivity contribution is 6.31. The number of methoxy groups -OCH3 is 1. The number of ether oxygens (including phenoxy) is 2. The fourth-order valence-electron chi connectivity index (χ4n) is 2.78. The molecule has 25 heavy (non-hydrogen) atoms. The van der Waals surface area contributed by atoms with E-state index in [0.717, 1.165) is 17.7 Å². The normalized spacial score (nSPS) is 16.0. The van der Waals surface area contributed by atoms with E-state index in [0.29, 0.717) is 29.5 Å². The molecular formula is C19H21ClN2O3. The molecule has 0 radical (unpaired) electrons. The average molecular weight is 361 g/mol. The molecule has 1 aliphatic rings. The molecule has 132 valence electrons. The van der Waals surface area contributed by atoms with Gasteiger partial charge in [-0.25, -0.2) is 4.79 Å². The van der Waals surface area contributed by atoms with Crippen LogP contribution in [0.1, 0.15) is 18.9 Å². The summed E-state index contributed by atoms with van der Waals surface area (Å²) in [5.74, 6) is 1.44. The highest BCUT2D eigenvalue weighted by atomic mass is 35.5. The molecule has 0 spiro atoms. The van der Waals surface area contributed by atoms with Gasteiger partial charge in [0.1, 0.15) is 17.6 Å². The van der Waals surface area contributed by atoms with Crippen LogP contribution < -0.4 is 19.7 Å². The van der Waals surface area contributed by atoms with Gasteiger partial charge < -0.3 is 14.8 Å². The molecule has 2 amide bonds. The predicted octanol–water partition coefficient (Wildman–Crippen LogP) is 4.24. The highest BCUT2D eigenvalue weighted by Crippen LogP contribution is 2.36. The number of halogens is 1. The Labute approximate surface area is 152 Å². The molecular weight excluding hydrogens is 340 g/mol. The first-order valence-electron chi connectivity index (χ1n) is 8.25. The maximum absolute atomic E-state index is 12.7. The van der Waals surface area contributed by atoms with Gasteiger partial charge in [-0.15, -0.1) is 0 Å². The Morgan fingerprint density at radius 1 is 1.36 bits per heavy atom. The van der Waals surface area contributed by atoms with Gasteiger partial charge in [-0.05, 0) is 42.3 Å². The number of nitrogens with one attached hydrogen (secondary N) is 1. The van der Waals surface area contributed by atoms with Crippen LogP contribution in [0.4, 0.5) is 10.5 Å². The summed E-state index contributed by atoms with van der Waals surface area (Å²) < 4.78 is 11.1. The van der Waals surface area contributed by atoms with Crippen LogP contribution in [0.25, 0.3) is 0 Å². The minimum atomic E-state index is -0.173. The van der Waals surface area contributed by atoms with Crippen LogP contribution in [0.2, 0.25) is 5.02 Å². The summed E-state index contributed by atoms with van der Waals surface area (Å²) in [6.45, 7) is 2.95. The quantitative estimate of drug-likeness (QED) is 0.887. The Hall–Kier alpha value is -2.40. The van der Waals surface area contributed by atoms with Gasteiger partial charge in [0.2, 0.25) is 0 Å². The van der Waals surface area contributed by atoms with Crippen LogP contribution in [0.3, 0.4) is 0 Å². The third-order valence-electron chi connectivity index (χ3n) is 4.17. The van der Waals surface area contributed by atoms with Crippen molar-refractivity contribution in [1.29, 1.82) is 0 Å². The molecule has 1 heterocycles. The van der Waals surface area contributed by atoms with Crippen molar-refractivity contribution in [3.8, 4) is 11.5 Å². The summed E-state index contributed by atoms with van der Waals surface area (Å²) in [6.07, 6.45) is 0.790. The van der Waals surface area contributed by atoms with Gasteiger partial charge in [0.15, 0.2) is 0 Å². The maximum Gasteiger partial charge on any atom is 0.322 e. The number of carbonyl (C=O) groups is 1.